The second-order valence-corrected chi connectivity index (χ2v) is 20.2. The molecule has 0 bridgehead atoms. The van der Waals surface area contributed by atoms with E-state index in [9.17, 15) is 14.4 Å². The van der Waals surface area contributed by atoms with Crippen molar-refractivity contribution in [2.24, 2.45) is 15.8 Å². The first-order valence-corrected chi connectivity index (χ1v) is 22.7. The zero-order valence-corrected chi connectivity index (χ0v) is 38.6. The van der Waals surface area contributed by atoms with E-state index in [1.807, 2.05) is 36.6 Å². The summed E-state index contributed by atoms with van der Waals surface area (Å²) >= 11 is 14.1. The van der Waals surface area contributed by atoms with Crippen molar-refractivity contribution in [3.63, 3.8) is 0 Å². The molecule has 0 unspecified atom stereocenters. The van der Waals surface area contributed by atoms with Gasteiger partial charge in [0.2, 0.25) is 5.91 Å². The molecule has 16 heteroatoms. The molecule has 2 aromatic carbocycles. The smallest absolute Gasteiger partial charge is 0.252 e. The molecule has 1 aliphatic heterocycles. The third-order valence-corrected chi connectivity index (χ3v) is 13.6. The molecular formula is C45H50ClN9O3S3. The van der Waals surface area contributed by atoms with E-state index in [1.54, 1.807) is 47.1 Å². The fourth-order valence-electron chi connectivity index (χ4n) is 8.03. The number of halogens is 1. The molecule has 0 radical (unpaired) electrons. The number of thiophene rings is 1. The summed E-state index contributed by atoms with van der Waals surface area (Å²) in [5.74, 6) is 0.780. The molecule has 0 aliphatic carbocycles. The molecule has 0 saturated carbocycles. The van der Waals surface area contributed by atoms with Crippen LogP contribution in [0.2, 0.25) is 5.02 Å². The standard InChI is InChI=1S/C45H50ClN9O3S3/c1-25-26(2)61-43-37(25)39(28-8-10-32(46)11-9-28)52-33(40-54-53-27(3)55(40)43)21-35(56)51-24-45(6,7)23-44(4,5)13-15-49-41(57)30-18-29-19-31(22-50-38(29)34(59)20-30)42(58)48-14-12-36-47-16-17-60-36/h8-11,16-20,22,33,59H,12-15,21,23-24H2,1-7H3,(H,48,58)(H,49,57)(H,51,56)/t33-/m0/s1. The molecule has 12 nitrogen and oxygen atoms in total. The average molecular weight is 897 g/mol. The Kier molecular flexibility index (Phi) is 13.1. The van der Waals surface area contributed by atoms with E-state index in [4.69, 9.17) is 16.6 Å². The fraction of sp³-hybridized carbons (Fsp3) is 0.378. The van der Waals surface area contributed by atoms with Crippen molar-refractivity contribution in [3.05, 3.63) is 115 Å². The zero-order valence-electron chi connectivity index (χ0n) is 35.4. The van der Waals surface area contributed by atoms with Crippen LogP contribution in [0.5, 0.6) is 0 Å². The number of nitrogens with one attached hydrogen (secondary N) is 3. The molecule has 3 amide bonds. The molecule has 6 aromatic rings. The number of benzene rings is 2. The summed E-state index contributed by atoms with van der Waals surface area (Å²) in [5, 5.41) is 23.3. The van der Waals surface area contributed by atoms with Crippen LogP contribution in [0, 0.1) is 31.6 Å². The molecule has 4 aromatic heterocycles. The molecule has 0 spiro atoms. The highest BCUT2D eigenvalue weighted by Crippen LogP contribution is 2.40. The van der Waals surface area contributed by atoms with E-state index in [0.717, 1.165) is 44.7 Å². The molecule has 61 heavy (non-hydrogen) atoms. The Morgan fingerprint density at radius 3 is 2.36 bits per heavy atom. The van der Waals surface area contributed by atoms with Gasteiger partial charge in [-0.25, -0.2) is 4.98 Å². The van der Waals surface area contributed by atoms with Gasteiger partial charge in [-0.1, -0.05) is 51.4 Å². The van der Waals surface area contributed by atoms with Gasteiger partial charge in [-0.15, -0.1) is 45.5 Å². The first kappa shape index (κ1) is 44.1. The molecule has 5 heterocycles. The van der Waals surface area contributed by atoms with Crippen molar-refractivity contribution in [2.45, 2.75) is 85.1 Å². The Bertz CT molecular complexity index is 2630. The summed E-state index contributed by atoms with van der Waals surface area (Å²) in [6, 6.07) is 12.3. The van der Waals surface area contributed by atoms with Gasteiger partial charge in [0.25, 0.3) is 11.8 Å². The van der Waals surface area contributed by atoms with Gasteiger partial charge >= 0.3 is 0 Å². The Hall–Kier alpha value is -4.96. The molecule has 3 N–H and O–H groups in total. The lowest BCUT2D eigenvalue weighted by atomic mass is 9.73. The number of thiazole rings is 1. The number of pyridine rings is 1. The minimum absolute atomic E-state index is 0.106. The Morgan fingerprint density at radius 1 is 0.902 bits per heavy atom. The third-order valence-electron chi connectivity index (χ3n) is 10.9. The number of carbonyl (C=O) groups excluding carboxylic acids is 3. The number of hydrogen-bond acceptors (Lipinski definition) is 11. The topological polar surface area (TPSA) is 156 Å². The number of aryl methyl sites for hydroxylation is 2. The molecule has 1 aliphatic rings. The van der Waals surface area contributed by atoms with Gasteiger partial charge in [-0.3, -0.25) is 28.9 Å². The molecular weight excluding hydrogens is 846 g/mol. The van der Waals surface area contributed by atoms with Crippen molar-refractivity contribution in [1.29, 1.82) is 0 Å². The maximum atomic E-state index is 13.8. The molecule has 0 saturated heterocycles. The van der Waals surface area contributed by atoms with Crippen LogP contribution in [0.15, 0.2) is 70.1 Å². The predicted octanol–water partition coefficient (Wildman–Crippen LogP) is 8.83. The summed E-state index contributed by atoms with van der Waals surface area (Å²) < 4.78 is 2.05. The minimum atomic E-state index is -0.557. The normalized spacial score (nSPS) is 13.9. The van der Waals surface area contributed by atoms with Crippen LogP contribution in [-0.2, 0) is 11.2 Å². The second kappa shape index (κ2) is 18.2. The first-order valence-electron chi connectivity index (χ1n) is 20.2. The molecule has 0 fully saturated rings. The largest absolute Gasteiger partial charge is 0.355 e. The van der Waals surface area contributed by atoms with Crippen LogP contribution in [0.25, 0.3) is 15.9 Å². The first-order chi connectivity index (χ1) is 29.0. The molecule has 1 atom stereocenters. The summed E-state index contributed by atoms with van der Waals surface area (Å²) in [4.78, 5) is 55.7. The number of carbonyl (C=O) groups is 3. The van der Waals surface area contributed by atoms with Crippen molar-refractivity contribution in [1.82, 2.24) is 40.7 Å². The van der Waals surface area contributed by atoms with Crippen molar-refractivity contribution in [3.8, 4) is 5.00 Å². The van der Waals surface area contributed by atoms with E-state index in [2.05, 4.69) is 94.9 Å². The number of aliphatic imine (C=N–C) groups is 1. The van der Waals surface area contributed by atoms with E-state index in [1.165, 1.54) is 11.1 Å². The van der Waals surface area contributed by atoms with Gasteiger partial charge in [0.1, 0.15) is 16.9 Å². The second-order valence-electron chi connectivity index (χ2n) is 17.1. The maximum absolute atomic E-state index is 13.8. The number of amides is 3. The summed E-state index contributed by atoms with van der Waals surface area (Å²) in [5.41, 5.74) is 4.92. The predicted molar refractivity (Wildman–Crippen MR) is 247 cm³/mol. The molecule has 318 valence electrons. The summed E-state index contributed by atoms with van der Waals surface area (Å²) in [6.07, 6.45) is 5.53. The lowest BCUT2D eigenvalue weighted by molar-refractivity contribution is -0.122. The Morgan fingerprint density at radius 2 is 1.62 bits per heavy atom. The van der Waals surface area contributed by atoms with Crippen LogP contribution < -0.4 is 16.0 Å². The molecule has 7 rings (SSSR count). The average Bonchev–Trinajstić information content (AvgIpc) is 3.92. The van der Waals surface area contributed by atoms with Gasteiger partial charge < -0.3 is 16.0 Å². The van der Waals surface area contributed by atoms with Crippen LogP contribution >= 0.6 is 46.9 Å². The highest BCUT2D eigenvalue weighted by atomic mass is 35.5. The van der Waals surface area contributed by atoms with Crippen LogP contribution in [-0.4, -0.2) is 67.8 Å². The van der Waals surface area contributed by atoms with Crippen LogP contribution in [0.1, 0.15) is 112 Å². The SMILES string of the molecule is Cc1sc2c(c1C)C(c1ccc(Cl)cc1)=N[C@@H](CC(=O)NCC(C)(C)CC(C)(C)CCNC(=O)c1cc(S)c3ncc(C(=O)NCCc4nccs4)cc3c1)c1nnc(C)n1-2. The van der Waals surface area contributed by atoms with Crippen molar-refractivity contribution in [2.75, 3.05) is 19.6 Å². The maximum Gasteiger partial charge on any atom is 0.252 e. The fourth-order valence-corrected chi connectivity index (χ4v) is 10.3. The number of fused-ring (bicyclic) bond motifs is 4. The zero-order chi connectivity index (χ0) is 43.6. The van der Waals surface area contributed by atoms with E-state index in [-0.39, 0.29) is 35.0 Å². The summed E-state index contributed by atoms with van der Waals surface area (Å²) in [6.45, 7) is 16.1. The van der Waals surface area contributed by atoms with E-state index < -0.39 is 6.04 Å². The van der Waals surface area contributed by atoms with Gasteiger partial charge in [0, 0.05) is 80.7 Å². The number of thiol groups is 1. The van der Waals surface area contributed by atoms with Gasteiger partial charge in [-0.2, -0.15) is 0 Å². The van der Waals surface area contributed by atoms with Gasteiger partial charge in [0.15, 0.2) is 5.82 Å². The van der Waals surface area contributed by atoms with E-state index >= 15 is 0 Å². The van der Waals surface area contributed by atoms with Gasteiger partial charge in [0.05, 0.1) is 28.2 Å². The van der Waals surface area contributed by atoms with Crippen molar-refractivity contribution >= 4 is 81.2 Å². The lowest BCUT2D eigenvalue weighted by Crippen LogP contribution is -2.38. The highest BCUT2D eigenvalue weighted by Gasteiger charge is 2.34. The Labute approximate surface area is 374 Å². The van der Waals surface area contributed by atoms with Crippen LogP contribution in [0.4, 0.5) is 0 Å². The number of aromatic nitrogens is 5. The minimum Gasteiger partial charge on any atom is -0.355 e. The van der Waals surface area contributed by atoms with Crippen molar-refractivity contribution < 1.29 is 14.4 Å². The number of nitrogens with zero attached hydrogens (tertiary/aromatic N) is 6. The van der Waals surface area contributed by atoms with Gasteiger partial charge in [-0.05, 0) is 80.3 Å². The summed E-state index contributed by atoms with van der Waals surface area (Å²) in [7, 11) is 0. The van der Waals surface area contributed by atoms with E-state index in [0.29, 0.717) is 70.2 Å². The van der Waals surface area contributed by atoms with Crippen LogP contribution in [0.3, 0.4) is 0 Å². The number of hydrogen-bond donors (Lipinski definition) is 4. The highest BCUT2D eigenvalue weighted by molar-refractivity contribution is 7.80. The Balaban J connectivity index is 0.951. The monoisotopic (exact) mass is 895 g/mol. The quantitative estimate of drug-likeness (QED) is 0.0751. The third kappa shape index (κ3) is 10.2. The number of rotatable bonds is 15. The lowest BCUT2D eigenvalue weighted by Gasteiger charge is -2.35.